The maximum Gasteiger partial charge on any atom is 0.350 e. The maximum absolute atomic E-state index is 12.9. The van der Waals surface area contributed by atoms with Gasteiger partial charge in [-0.05, 0) is 24.6 Å². The summed E-state index contributed by atoms with van der Waals surface area (Å²) in [5.41, 5.74) is 3.56. The lowest BCUT2D eigenvalue weighted by Crippen LogP contribution is -2.47. The summed E-state index contributed by atoms with van der Waals surface area (Å²) in [6.45, 7) is 5.56. The summed E-state index contributed by atoms with van der Waals surface area (Å²) in [4.78, 5) is 34.3. The number of carbonyl (C=O) groups is 1. The Morgan fingerprint density at radius 1 is 0.971 bits per heavy atom. The van der Waals surface area contributed by atoms with E-state index in [4.69, 9.17) is 0 Å². The van der Waals surface area contributed by atoms with Crippen LogP contribution < -0.4 is 20.8 Å². The molecule has 1 aliphatic heterocycles. The number of benzene rings is 2. The van der Waals surface area contributed by atoms with Crippen molar-refractivity contribution in [2.24, 2.45) is 0 Å². The predicted octanol–water partition coefficient (Wildman–Crippen LogP) is 1.84. The summed E-state index contributed by atoms with van der Waals surface area (Å²) in [5.74, 6) is 0.391. The minimum atomic E-state index is -0.355. The van der Waals surface area contributed by atoms with E-state index in [1.54, 1.807) is 12.4 Å². The minimum Gasteiger partial charge on any atom is -0.368 e. The van der Waals surface area contributed by atoms with Gasteiger partial charge in [-0.15, -0.1) is 5.10 Å². The molecule has 9 nitrogen and oxygen atoms in total. The summed E-state index contributed by atoms with van der Waals surface area (Å²) >= 11 is 0. The molecule has 1 saturated heterocycles. The molecule has 0 radical (unpaired) electrons. The van der Waals surface area contributed by atoms with Gasteiger partial charge in [0.25, 0.3) is 0 Å². The number of nitrogens with zero attached hydrogens (tertiary/aromatic N) is 6. The van der Waals surface area contributed by atoms with Gasteiger partial charge in [0.15, 0.2) is 5.82 Å². The highest BCUT2D eigenvalue weighted by Crippen LogP contribution is 2.21. The molecule has 2 aromatic heterocycles. The molecule has 1 aliphatic rings. The Kier molecular flexibility index (Phi) is 5.99. The standard InChI is InChI=1S/C25H27N7O2/c1-19-7-9-21(10-8-19)29-13-15-30(16-14-29)23-24-28-32(25(34)31(24)12-11-26-23)18-22(33)27-17-20-5-3-2-4-6-20/h2-12H,13-18H2,1H3,(H,27,33). The minimum absolute atomic E-state index is 0.145. The van der Waals surface area contributed by atoms with Gasteiger partial charge in [-0.3, -0.25) is 4.79 Å². The zero-order valence-electron chi connectivity index (χ0n) is 19.1. The molecule has 2 aromatic carbocycles. The van der Waals surface area contributed by atoms with Crippen molar-refractivity contribution in [2.75, 3.05) is 36.0 Å². The van der Waals surface area contributed by atoms with Crippen LogP contribution in [0.15, 0.2) is 71.8 Å². The van der Waals surface area contributed by atoms with Gasteiger partial charge in [0, 0.05) is 50.8 Å². The van der Waals surface area contributed by atoms with Gasteiger partial charge in [0.2, 0.25) is 11.6 Å². The van der Waals surface area contributed by atoms with E-state index in [-0.39, 0.29) is 18.1 Å². The Morgan fingerprint density at radius 2 is 1.68 bits per heavy atom. The van der Waals surface area contributed by atoms with Crippen LogP contribution in [0.4, 0.5) is 11.5 Å². The van der Waals surface area contributed by atoms with Crippen molar-refractivity contribution in [3.63, 3.8) is 0 Å². The number of fused-ring (bicyclic) bond motifs is 1. The lowest BCUT2D eigenvalue weighted by molar-refractivity contribution is -0.122. The number of amides is 1. The number of carbonyl (C=O) groups excluding carboxylic acids is 1. The highest BCUT2D eigenvalue weighted by Gasteiger charge is 2.22. The molecular formula is C25H27N7O2. The second-order valence-corrected chi connectivity index (χ2v) is 8.46. The quantitative estimate of drug-likeness (QED) is 0.476. The summed E-state index contributed by atoms with van der Waals surface area (Å²) in [6, 6.07) is 18.2. The van der Waals surface area contributed by atoms with Crippen molar-refractivity contribution in [2.45, 2.75) is 20.0 Å². The summed E-state index contributed by atoms with van der Waals surface area (Å²) in [6.07, 6.45) is 3.20. The molecule has 34 heavy (non-hydrogen) atoms. The number of hydrogen-bond acceptors (Lipinski definition) is 6. The largest absolute Gasteiger partial charge is 0.368 e. The third-order valence-electron chi connectivity index (χ3n) is 6.09. The SMILES string of the molecule is Cc1ccc(N2CCN(c3nccn4c(=O)n(CC(=O)NCc5ccccc5)nc34)CC2)cc1. The van der Waals surface area contributed by atoms with Gasteiger partial charge in [-0.1, -0.05) is 48.0 Å². The summed E-state index contributed by atoms with van der Waals surface area (Å²) in [7, 11) is 0. The second kappa shape index (κ2) is 9.38. The molecule has 174 valence electrons. The van der Waals surface area contributed by atoms with Crippen LogP contribution in [0.1, 0.15) is 11.1 Å². The molecule has 0 atom stereocenters. The number of nitrogens with one attached hydrogen (secondary N) is 1. The molecule has 9 heteroatoms. The Bertz CT molecular complexity index is 1340. The molecule has 0 saturated carbocycles. The van der Waals surface area contributed by atoms with Crippen molar-refractivity contribution < 1.29 is 4.79 Å². The molecule has 0 bridgehead atoms. The van der Waals surface area contributed by atoms with Gasteiger partial charge in [-0.25, -0.2) is 18.9 Å². The average Bonchev–Trinajstić information content (AvgIpc) is 3.19. The van der Waals surface area contributed by atoms with Gasteiger partial charge >= 0.3 is 5.69 Å². The normalized spacial score (nSPS) is 13.9. The third-order valence-corrected chi connectivity index (χ3v) is 6.09. The van der Waals surface area contributed by atoms with Crippen LogP contribution in [0.3, 0.4) is 0 Å². The van der Waals surface area contributed by atoms with Gasteiger partial charge in [-0.2, -0.15) is 0 Å². The van der Waals surface area contributed by atoms with Gasteiger partial charge in [0.1, 0.15) is 6.54 Å². The lowest BCUT2D eigenvalue weighted by Gasteiger charge is -2.36. The van der Waals surface area contributed by atoms with Crippen LogP contribution in [0.5, 0.6) is 0 Å². The van der Waals surface area contributed by atoms with E-state index in [9.17, 15) is 9.59 Å². The molecule has 0 aliphatic carbocycles. The second-order valence-electron chi connectivity index (χ2n) is 8.46. The number of aryl methyl sites for hydroxylation is 1. The molecule has 3 heterocycles. The van der Waals surface area contributed by atoms with Crippen LogP contribution in [-0.2, 0) is 17.9 Å². The lowest BCUT2D eigenvalue weighted by atomic mass is 10.2. The van der Waals surface area contributed by atoms with Crippen molar-refractivity contribution in [3.8, 4) is 0 Å². The van der Waals surface area contributed by atoms with E-state index in [1.165, 1.54) is 20.3 Å². The van der Waals surface area contributed by atoms with Crippen LogP contribution in [0.2, 0.25) is 0 Å². The van der Waals surface area contributed by atoms with E-state index >= 15 is 0 Å². The zero-order chi connectivity index (χ0) is 23.5. The summed E-state index contributed by atoms with van der Waals surface area (Å²) in [5, 5.41) is 7.30. The molecule has 1 N–H and O–H groups in total. The molecular weight excluding hydrogens is 430 g/mol. The Hall–Kier alpha value is -4.14. The molecule has 1 amide bonds. The van der Waals surface area contributed by atoms with E-state index in [2.05, 4.69) is 56.4 Å². The molecule has 5 rings (SSSR count). The van der Waals surface area contributed by atoms with Crippen LogP contribution in [-0.4, -0.2) is 51.3 Å². The van der Waals surface area contributed by atoms with Crippen LogP contribution >= 0.6 is 0 Å². The highest BCUT2D eigenvalue weighted by atomic mass is 16.2. The van der Waals surface area contributed by atoms with Gasteiger partial charge < -0.3 is 15.1 Å². The highest BCUT2D eigenvalue weighted by molar-refractivity contribution is 5.75. The number of aromatic nitrogens is 4. The van der Waals surface area contributed by atoms with Gasteiger partial charge in [0.05, 0.1) is 0 Å². The first-order chi connectivity index (χ1) is 16.6. The van der Waals surface area contributed by atoms with Crippen molar-refractivity contribution >= 4 is 23.1 Å². The Morgan fingerprint density at radius 3 is 2.41 bits per heavy atom. The van der Waals surface area contributed by atoms with Crippen LogP contribution in [0.25, 0.3) is 5.65 Å². The number of anilines is 2. The zero-order valence-corrected chi connectivity index (χ0v) is 19.1. The number of piperazine rings is 1. The first-order valence-corrected chi connectivity index (χ1v) is 11.4. The smallest absolute Gasteiger partial charge is 0.350 e. The predicted molar refractivity (Wildman–Crippen MR) is 131 cm³/mol. The van der Waals surface area contributed by atoms with Crippen molar-refractivity contribution in [1.82, 2.24) is 24.5 Å². The number of rotatable bonds is 6. The monoisotopic (exact) mass is 457 g/mol. The van der Waals surface area contributed by atoms with E-state index in [0.29, 0.717) is 18.0 Å². The fraction of sp³-hybridized carbons (Fsp3) is 0.280. The van der Waals surface area contributed by atoms with Crippen molar-refractivity contribution in [1.29, 1.82) is 0 Å². The molecule has 1 fully saturated rings. The molecule has 0 spiro atoms. The fourth-order valence-electron chi connectivity index (χ4n) is 4.18. The maximum atomic E-state index is 12.9. The first kappa shape index (κ1) is 21.7. The number of hydrogen-bond donors (Lipinski definition) is 1. The topological polar surface area (TPSA) is 87.8 Å². The molecule has 4 aromatic rings. The van der Waals surface area contributed by atoms with Crippen LogP contribution in [0, 0.1) is 6.92 Å². The Balaban J connectivity index is 1.29. The van der Waals surface area contributed by atoms with Crippen molar-refractivity contribution in [3.05, 3.63) is 88.6 Å². The first-order valence-electron chi connectivity index (χ1n) is 11.4. The Labute approximate surface area is 197 Å². The van der Waals surface area contributed by atoms with E-state index in [1.807, 2.05) is 30.3 Å². The average molecular weight is 458 g/mol. The van der Waals surface area contributed by atoms with E-state index < -0.39 is 0 Å². The third kappa shape index (κ3) is 4.50. The fourth-order valence-corrected chi connectivity index (χ4v) is 4.18. The van der Waals surface area contributed by atoms with E-state index in [0.717, 1.165) is 31.7 Å². The summed E-state index contributed by atoms with van der Waals surface area (Å²) < 4.78 is 2.66. The molecule has 0 unspecified atom stereocenters.